The molecule has 2 heterocycles. The maximum absolute atomic E-state index is 12.5. The fourth-order valence-corrected chi connectivity index (χ4v) is 3.22. The standard InChI is InChI=1S/C19H18N2O4/c1-19(2)9-17(22)21-14-5-4-12(8-13(14)19)20-18(23)11-3-6-15-16(7-11)25-10-24-15/h3-8H,9-10H2,1-2H3,(H,20,23)(H,21,22). The van der Waals surface area contributed by atoms with E-state index in [0.29, 0.717) is 29.2 Å². The minimum atomic E-state index is -0.281. The molecule has 6 nitrogen and oxygen atoms in total. The lowest BCUT2D eigenvalue weighted by Gasteiger charge is -2.32. The number of carbonyl (C=O) groups is 2. The molecule has 0 spiro atoms. The fraction of sp³-hybridized carbons (Fsp3) is 0.263. The Labute approximate surface area is 145 Å². The van der Waals surface area contributed by atoms with Crippen LogP contribution >= 0.6 is 0 Å². The third-order valence-corrected chi connectivity index (χ3v) is 4.52. The molecule has 25 heavy (non-hydrogen) atoms. The van der Waals surface area contributed by atoms with Gasteiger partial charge in [0.25, 0.3) is 5.91 Å². The van der Waals surface area contributed by atoms with Crippen molar-refractivity contribution < 1.29 is 19.1 Å². The molecule has 0 aliphatic carbocycles. The Balaban J connectivity index is 1.59. The van der Waals surface area contributed by atoms with Gasteiger partial charge in [-0.25, -0.2) is 0 Å². The number of hydrogen-bond donors (Lipinski definition) is 2. The Hall–Kier alpha value is -3.02. The molecule has 2 aliphatic rings. The average Bonchev–Trinajstić information content (AvgIpc) is 3.02. The summed E-state index contributed by atoms with van der Waals surface area (Å²) >= 11 is 0. The topological polar surface area (TPSA) is 76.7 Å². The first kappa shape index (κ1) is 15.5. The zero-order chi connectivity index (χ0) is 17.6. The summed E-state index contributed by atoms with van der Waals surface area (Å²) in [4.78, 5) is 24.3. The van der Waals surface area contributed by atoms with Gasteiger partial charge in [0.1, 0.15) is 0 Å². The molecule has 6 heteroatoms. The highest BCUT2D eigenvalue weighted by molar-refractivity contribution is 6.05. The Morgan fingerprint density at radius 3 is 2.76 bits per heavy atom. The van der Waals surface area contributed by atoms with E-state index in [-0.39, 0.29) is 24.0 Å². The van der Waals surface area contributed by atoms with Crippen LogP contribution in [-0.4, -0.2) is 18.6 Å². The predicted octanol–water partition coefficient (Wildman–Crippen LogP) is 3.29. The molecule has 0 fully saturated rings. The van der Waals surface area contributed by atoms with Crippen LogP contribution in [0.4, 0.5) is 11.4 Å². The molecule has 2 amide bonds. The van der Waals surface area contributed by atoms with Crippen molar-refractivity contribution in [2.75, 3.05) is 17.4 Å². The van der Waals surface area contributed by atoms with Crippen molar-refractivity contribution in [3.8, 4) is 11.5 Å². The minimum absolute atomic E-state index is 0.00893. The summed E-state index contributed by atoms with van der Waals surface area (Å²) in [5.74, 6) is 0.996. The van der Waals surface area contributed by atoms with Gasteiger partial charge in [0.2, 0.25) is 12.7 Å². The lowest BCUT2D eigenvalue weighted by atomic mass is 9.78. The highest BCUT2D eigenvalue weighted by atomic mass is 16.7. The van der Waals surface area contributed by atoms with Gasteiger partial charge in [-0.05, 0) is 42.0 Å². The molecular formula is C19H18N2O4. The maximum atomic E-state index is 12.5. The molecular weight excluding hydrogens is 320 g/mol. The number of anilines is 2. The van der Waals surface area contributed by atoms with Crippen LogP contribution in [0, 0.1) is 0 Å². The Bertz CT molecular complexity index is 889. The summed E-state index contributed by atoms with van der Waals surface area (Å²) < 4.78 is 10.6. The van der Waals surface area contributed by atoms with E-state index in [9.17, 15) is 9.59 Å². The van der Waals surface area contributed by atoms with Crippen LogP contribution in [0.3, 0.4) is 0 Å². The minimum Gasteiger partial charge on any atom is -0.454 e. The summed E-state index contributed by atoms with van der Waals surface area (Å²) in [5.41, 5.74) is 2.70. The van der Waals surface area contributed by atoms with Crippen molar-refractivity contribution in [3.63, 3.8) is 0 Å². The van der Waals surface area contributed by atoms with Gasteiger partial charge in [0.05, 0.1) is 0 Å². The fourth-order valence-electron chi connectivity index (χ4n) is 3.22. The molecule has 0 radical (unpaired) electrons. The van der Waals surface area contributed by atoms with Crippen molar-refractivity contribution in [2.24, 2.45) is 0 Å². The Kier molecular flexibility index (Phi) is 3.42. The summed E-state index contributed by atoms with van der Waals surface area (Å²) in [5, 5.41) is 5.77. The molecule has 0 saturated heterocycles. The monoisotopic (exact) mass is 338 g/mol. The van der Waals surface area contributed by atoms with Crippen LogP contribution in [0.1, 0.15) is 36.2 Å². The highest BCUT2D eigenvalue weighted by Gasteiger charge is 2.32. The molecule has 0 unspecified atom stereocenters. The molecule has 4 rings (SSSR count). The number of fused-ring (bicyclic) bond motifs is 2. The van der Waals surface area contributed by atoms with Gasteiger partial charge < -0.3 is 20.1 Å². The van der Waals surface area contributed by atoms with E-state index in [1.54, 1.807) is 24.3 Å². The van der Waals surface area contributed by atoms with Gasteiger partial charge in [-0.1, -0.05) is 13.8 Å². The molecule has 128 valence electrons. The molecule has 2 N–H and O–H groups in total. The zero-order valence-corrected chi connectivity index (χ0v) is 14.0. The highest BCUT2D eigenvalue weighted by Crippen LogP contribution is 2.38. The van der Waals surface area contributed by atoms with E-state index in [4.69, 9.17) is 9.47 Å². The number of ether oxygens (including phenoxy) is 2. The lowest BCUT2D eigenvalue weighted by molar-refractivity contribution is -0.117. The SMILES string of the molecule is CC1(C)CC(=O)Nc2ccc(NC(=O)c3ccc4c(c3)OCO4)cc21. The summed E-state index contributed by atoms with van der Waals surface area (Å²) in [6, 6.07) is 10.6. The van der Waals surface area contributed by atoms with Gasteiger partial charge in [0, 0.05) is 28.8 Å². The number of carbonyl (C=O) groups excluding carboxylic acids is 2. The maximum Gasteiger partial charge on any atom is 0.255 e. The number of nitrogens with one attached hydrogen (secondary N) is 2. The second-order valence-electron chi connectivity index (χ2n) is 6.89. The summed E-state index contributed by atoms with van der Waals surface area (Å²) in [6.45, 7) is 4.22. The molecule has 0 aromatic heterocycles. The van der Waals surface area contributed by atoms with Gasteiger partial charge in [0.15, 0.2) is 11.5 Å². The van der Waals surface area contributed by atoms with Crippen molar-refractivity contribution in [1.82, 2.24) is 0 Å². The first-order valence-electron chi connectivity index (χ1n) is 8.08. The molecule has 0 saturated carbocycles. The molecule has 2 aromatic rings. The smallest absolute Gasteiger partial charge is 0.255 e. The summed E-state index contributed by atoms with van der Waals surface area (Å²) in [7, 11) is 0. The van der Waals surface area contributed by atoms with Gasteiger partial charge in [-0.15, -0.1) is 0 Å². The van der Waals surface area contributed by atoms with Crippen LogP contribution in [0.5, 0.6) is 11.5 Å². The van der Waals surface area contributed by atoms with Crippen LogP contribution in [0.2, 0.25) is 0 Å². The third-order valence-electron chi connectivity index (χ3n) is 4.52. The number of hydrogen-bond acceptors (Lipinski definition) is 4. The first-order valence-corrected chi connectivity index (χ1v) is 8.08. The lowest BCUT2D eigenvalue weighted by Crippen LogP contribution is -2.32. The van der Waals surface area contributed by atoms with Crippen molar-refractivity contribution in [1.29, 1.82) is 0 Å². The first-order chi connectivity index (χ1) is 11.9. The van der Waals surface area contributed by atoms with E-state index >= 15 is 0 Å². The third kappa shape index (κ3) is 2.80. The molecule has 2 aromatic carbocycles. The largest absolute Gasteiger partial charge is 0.454 e. The van der Waals surface area contributed by atoms with Crippen LogP contribution in [0.15, 0.2) is 36.4 Å². The van der Waals surface area contributed by atoms with E-state index < -0.39 is 0 Å². The zero-order valence-electron chi connectivity index (χ0n) is 14.0. The molecule has 0 atom stereocenters. The van der Waals surface area contributed by atoms with E-state index in [1.165, 1.54) is 0 Å². The van der Waals surface area contributed by atoms with Crippen LogP contribution in [-0.2, 0) is 10.2 Å². The average molecular weight is 338 g/mol. The number of rotatable bonds is 2. The Morgan fingerprint density at radius 2 is 1.92 bits per heavy atom. The van der Waals surface area contributed by atoms with Gasteiger partial charge >= 0.3 is 0 Å². The van der Waals surface area contributed by atoms with E-state index in [0.717, 1.165) is 11.3 Å². The number of amides is 2. The van der Waals surface area contributed by atoms with Gasteiger partial charge in [-0.2, -0.15) is 0 Å². The quantitative estimate of drug-likeness (QED) is 0.881. The second-order valence-corrected chi connectivity index (χ2v) is 6.89. The Morgan fingerprint density at radius 1 is 1.12 bits per heavy atom. The van der Waals surface area contributed by atoms with Crippen LogP contribution < -0.4 is 20.1 Å². The van der Waals surface area contributed by atoms with Gasteiger partial charge in [-0.3, -0.25) is 9.59 Å². The number of benzene rings is 2. The van der Waals surface area contributed by atoms with Crippen LogP contribution in [0.25, 0.3) is 0 Å². The molecule has 2 aliphatic heterocycles. The van der Waals surface area contributed by atoms with E-state index in [1.807, 2.05) is 26.0 Å². The van der Waals surface area contributed by atoms with Crippen molar-refractivity contribution >= 4 is 23.2 Å². The predicted molar refractivity (Wildman–Crippen MR) is 93.2 cm³/mol. The van der Waals surface area contributed by atoms with Crippen molar-refractivity contribution in [2.45, 2.75) is 25.7 Å². The molecule has 0 bridgehead atoms. The second kappa shape index (κ2) is 5.51. The van der Waals surface area contributed by atoms with Crippen molar-refractivity contribution in [3.05, 3.63) is 47.5 Å². The van der Waals surface area contributed by atoms with E-state index in [2.05, 4.69) is 10.6 Å². The summed E-state index contributed by atoms with van der Waals surface area (Å²) in [6.07, 6.45) is 0.416. The normalized spacial score (nSPS) is 16.8.